The zero-order valence-corrected chi connectivity index (χ0v) is 17.2. The molecule has 1 N–H and O–H groups in total. The first kappa shape index (κ1) is 19.7. The van der Waals surface area contributed by atoms with Crippen molar-refractivity contribution < 1.29 is 19.4 Å². The summed E-state index contributed by atoms with van der Waals surface area (Å²) in [5.41, 5.74) is 0.811. The molecule has 0 spiro atoms. The molecule has 31 heavy (non-hydrogen) atoms. The van der Waals surface area contributed by atoms with E-state index >= 15 is 0 Å². The Hall–Kier alpha value is -3.20. The lowest BCUT2D eigenvalue weighted by atomic mass is 9.93. The van der Waals surface area contributed by atoms with Gasteiger partial charge in [-0.3, -0.25) is 4.98 Å². The molecule has 3 aromatic rings. The van der Waals surface area contributed by atoms with E-state index in [9.17, 15) is 9.90 Å². The number of hydrogen-bond donors (Lipinski definition) is 1. The molecule has 3 aromatic heterocycles. The SMILES string of the molecule is O=C(O)c1cnc2cc(N3CCOCC3)nc(OC3CCC(n4ccnc4)CC3)c2c1. The highest BCUT2D eigenvalue weighted by molar-refractivity contribution is 5.94. The molecule has 1 saturated carbocycles. The van der Waals surface area contributed by atoms with E-state index in [4.69, 9.17) is 14.5 Å². The van der Waals surface area contributed by atoms with Gasteiger partial charge in [-0.15, -0.1) is 0 Å². The van der Waals surface area contributed by atoms with Crippen molar-refractivity contribution in [3.63, 3.8) is 0 Å². The van der Waals surface area contributed by atoms with Gasteiger partial charge in [0.2, 0.25) is 5.88 Å². The van der Waals surface area contributed by atoms with Gasteiger partial charge in [-0.25, -0.2) is 9.78 Å². The lowest BCUT2D eigenvalue weighted by molar-refractivity contribution is 0.0696. The van der Waals surface area contributed by atoms with Crippen LogP contribution in [0.25, 0.3) is 10.9 Å². The zero-order valence-electron chi connectivity index (χ0n) is 17.2. The number of fused-ring (bicyclic) bond motifs is 1. The first-order valence-corrected chi connectivity index (χ1v) is 10.7. The van der Waals surface area contributed by atoms with Crippen molar-refractivity contribution >= 4 is 22.7 Å². The Kier molecular flexibility index (Phi) is 5.42. The van der Waals surface area contributed by atoms with Crippen LogP contribution in [0.1, 0.15) is 42.1 Å². The lowest BCUT2D eigenvalue weighted by Crippen LogP contribution is -2.36. The predicted molar refractivity (Wildman–Crippen MR) is 114 cm³/mol. The fraction of sp³-hybridized carbons (Fsp3) is 0.455. The highest BCUT2D eigenvalue weighted by Gasteiger charge is 2.25. The number of nitrogens with zero attached hydrogens (tertiary/aromatic N) is 5. The number of carboxylic acid groups (broad SMARTS) is 1. The van der Waals surface area contributed by atoms with Crippen LogP contribution in [0, 0.1) is 0 Å². The average Bonchev–Trinajstić information content (AvgIpc) is 3.35. The van der Waals surface area contributed by atoms with E-state index < -0.39 is 5.97 Å². The monoisotopic (exact) mass is 423 g/mol. The van der Waals surface area contributed by atoms with E-state index in [0.717, 1.165) is 44.6 Å². The Bertz CT molecular complexity index is 1060. The minimum Gasteiger partial charge on any atom is -0.478 e. The molecule has 0 bridgehead atoms. The number of hydrogen-bond acceptors (Lipinski definition) is 7. The Morgan fingerprint density at radius 1 is 1.16 bits per heavy atom. The summed E-state index contributed by atoms with van der Waals surface area (Å²) in [7, 11) is 0. The molecule has 4 heterocycles. The molecule has 0 radical (unpaired) electrons. The second-order valence-electron chi connectivity index (χ2n) is 8.04. The first-order valence-electron chi connectivity index (χ1n) is 10.7. The molecule has 9 heteroatoms. The van der Waals surface area contributed by atoms with Gasteiger partial charge in [-0.2, -0.15) is 4.98 Å². The number of anilines is 1. The van der Waals surface area contributed by atoms with Crippen LogP contribution < -0.4 is 9.64 Å². The fourth-order valence-corrected chi connectivity index (χ4v) is 4.35. The number of imidazole rings is 1. The minimum absolute atomic E-state index is 0.0314. The largest absolute Gasteiger partial charge is 0.478 e. The molecule has 1 aliphatic heterocycles. The van der Waals surface area contributed by atoms with Crippen molar-refractivity contribution in [2.75, 3.05) is 31.2 Å². The highest BCUT2D eigenvalue weighted by atomic mass is 16.5. The van der Waals surface area contributed by atoms with Crippen molar-refractivity contribution in [2.45, 2.75) is 37.8 Å². The van der Waals surface area contributed by atoms with Crippen LogP contribution in [-0.4, -0.2) is 63.0 Å². The number of aromatic nitrogens is 4. The Labute approximate surface area is 179 Å². The fourth-order valence-electron chi connectivity index (χ4n) is 4.35. The van der Waals surface area contributed by atoms with Crippen LogP contribution in [0.2, 0.25) is 0 Å². The number of morpholine rings is 1. The maximum atomic E-state index is 11.5. The van der Waals surface area contributed by atoms with Crippen molar-refractivity contribution in [2.24, 2.45) is 0 Å². The quantitative estimate of drug-likeness (QED) is 0.668. The smallest absolute Gasteiger partial charge is 0.337 e. The second kappa shape index (κ2) is 8.50. The van der Waals surface area contributed by atoms with Gasteiger partial charge < -0.3 is 24.0 Å². The summed E-state index contributed by atoms with van der Waals surface area (Å²) < 4.78 is 14.0. The standard InChI is InChI=1S/C22H25N5O4/c28-22(29)15-11-18-19(24-13-15)12-20(26-7-9-30-10-8-26)25-21(18)31-17-3-1-16(2-4-17)27-6-5-23-14-27/h5-6,11-14,16-17H,1-4,7-10H2,(H,28,29). The summed E-state index contributed by atoms with van der Waals surface area (Å²) in [5, 5.41) is 10.0. The Morgan fingerprint density at radius 2 is 1.97 bits per heavy atom. The molecule has 0 amide bonds. The molecule has 9 nitrogen and oxygen atoms in total. The molecule has 0 aromatic carbocycles. The van der Waals surface area contributed by atoms with E-state index in [2.05, 4.69) is 19.4 Å². The van der Waals surface area contributed by atoms with Crippen LogP contribution in [0.4, 0.5) is 5.82 Å². The molecule has 5 rings (SSSR count). The van der Waals surface area contributed by atoms with Gasteiger partial charge in [0.15, 0.2) is 0 Å². The summed E-state index contributed by atoms with van der Waals surface area (Å²) >= 11 is 0. The topological polar surface area (TPSA) is 103 Å². The van der Waals surface area contributed by atoms with Gasteiger partial charge in [-0.1, -0.05) is 0 Å². The summed E-state index contributed by atoms with van der Waals surface area (Å²) in [5.74, 6) is 0.229. The van der Waals surface area contributed by atoms with E-state index in [1.165, 1.54) is 6.20 Å². The molecule has 1 saturated heterocycles. The molecular weight excluding hydrogens is 398 g/mol. The van der Waals surface area contributed by atoms with Crippen molar-refractivity contribution in [1.82, 2.24) is 19.5 Å². The van der Waals surface area contributed by atoms with Crippen LogP contribution in [0.5, 0.6) is 5.88 Å². The Balaban J connectivity index is 1.42. The third-order valence-electron chi connectivity index (χ3n) is 6.08. The van der Waals surface area contributed by atoms with Crippen molar-refractivity contribution in [3.8, 4) is 5.88 Å². The normalized spacial score (nSPS) is 21.9. The zero-order chi connectivity index (χ0) is 21.2. The van der Waals surface area contributed by atoms with E-state index in [1.54, 1.807) is 6.07 Å². The summed E-state index contributed by atoms with van der Waals surface area (Å²) in [6.45, 7) is 2.81. The summed E-state index contributed by atoms with van der Waals surface area (Å²) in [4.78, 5) is 27.0. The van der Waals surface area contributed by atoms with Gasteiger partial charge >= 0.3 is 5.97 Å². The molecule has 0 unspecified atom stereocenters. The molecule has 2 aliphatic rings. The number of pyridine rings is 2. The minimum atomic E-state index is -1.02. The van der Waals surface area contributed by atoms with Gasteiger partial charge in [0.1, 0.15) is 11.9 Å². The van der Waals surface area contributed by atoms with E-state index in [1.807, 2.05) is 24.8 Å². The molecule has 0 atom stereocenters. The Morgan fingerprint density at radius 3 is 2.68 bits per heavy atom. The lowest BCUT2D eigenvalue weighted by Gasteiger charge is -2.31. The molecule has 2 fully saturated rings. The van der Waals surface area contributed by atoms with Gasteiger partial charge in [0.25, 0.3) is 0 Å². The van der Waals surface area contributed by atoms with Gasteiger partial charge in [0.05, 0.1) is 36.0 Å². The van der Waals surface area contributed by atoms with Gasteiger partial charge in [0, 0.05) is 43.8 Å². The second-order valence-corrected chi connectivity index (χ2v) is 8.04. The third-order valence-corrected chi connectivity index (χ3v) is 6.08. The van der Waals surface area contributed by atoms with Gasteiger partial charge in [-0.05, 0) is 31.7 Å². The maximum absolute atomic E-state index is 11.5. The number of carboxylic acids is 1. The van der Waals surface area contributed by atoms with E-state index in [0.29, 0.717) is 36.0 Å². The third kappa shape index (κ3) is 4.18. The molecule has 1 aliphatic carbocycles. The van der Waals surface area contributed by atoms with E-state index in [-0.39, 0.29) is 11.7 Å². The van der Waals surface area contributed by atoms with Crippen LogP contribution >= 0.6 is 0 Å². The first-order chi connectivity index (χ1) is 15.2. The highest BCUT2D eigenvalue weighted by Crippen LogP contribution is 2.34. The van der Waals surface area contributed by atoms with Crippen LogP contribution in [-0.2, 0) is 4.74 Å². The maximum Gasteiger partial charge on any atom is 0.337 e. The van der Waals surface area contributed by atoms with Crippen molar-refractivity contribution in [3.05, 3.63) is 42.6 Å². The summed E-state index contributed by atoms with van der Waals surface area (Å²) in [6.07, 6.45) is 10.9. The number of aromatic carboxylic acids is 1. The number of ether oxygens (including phenoxy) is 2. The van der Waals surface area contributed by atoms with Crippen LogP contribution in [0.15, 0.2) is 37.1 Å². The predicted octanol–water partition coefficient (Wildman–Crippen LogP) is 2.92. The molecular formula is C22H25N5O4. The van der Waals surface area contributed by atoms with Crippen LogP contribution in [0.3, 0.4) is 0 Å². The summed E-state index contributed by atoms with van der Waals surface area (Å²) in [6, 6.07) is 3.94. The average molecular weight is 423 g/mol. The van der Waals surface area contributed by atoms with Crippen molar-refractivity contribution in [1.29, 1.82) is 0 Å². The number of rotatable bonds is 5. The molecule has 162 valence electrons. The number of carbonyl (C=O) groups is 1.